The van der Waals surface area contributed by atoms with Crippen molar-refractivity contribution in [1.29, 1.82) is 0 Å². The third-order valence-corrected chi connectivity index (χ3v) is 8.45. The van der Waals surface area contributed by atoms with E-state index >= 15 is 0 Å². The molecule has 6 nitrogen and oxygen atoms in total. The Morgan fingerprint density at radius 3 is 2.35 bits per heavy atom. The van der Waals surface area contributed by atoms with E-state index in [9.17, 15) is 9.59 Å². The molecule has 2 aliphatic heterocycles. The van der Waals surface area contributed by atoms with Gasteiger partial charge in [0.15, 0.2) is 0 Å². The SMILES string of the molecule is COc1cccc(C(=O)N2C(C(=O)NC3CCN(Cc4ccccc4)CC3)CSC2c2ccccc2)c1. The molecule has 3 aromatic carbocycles. The van der Waals surface area contributed by atoms with Crippen molar-refractivity contribution >= 4 is 23.6 Å². The minimum atomic E-state index is -0.531. The second-order valence-electron chi connectivity index (χ2n) is 9.60. The van der Waals surface area contributed by atoms with Gasteiger partial charge in [-0.3, -0.25) is 14.5 Å². The molecule has 0 aliphatic carbocycles. The summed E-state index contributed by atoms with van der Waals surface area (Å²) in [4.78, 5) is 31.6. The number of thioether (sulfide) groups is 1. The molecule has 2 atom stereocenters. The summed E-state index contributed by atoms with van der Waals surface area (Å²) in [5.74, 6) is 0.963. The van der Waals surface area contributed by atoms with E-state index in [1.54, 1.807) is 35.9 Å². The number of benzene rings is 3. The van der Waals surface area contributed by atoms with Crippen molar-refractivity contribution in [3.05, 3.63) is 102 Å². The maximum Gasteiger partial charge on any atom is 0.255 e. The van der Waals surface area contributed by atoms with Gasteiger partial charge in [-0.25, -0.2) is 0 Å². The molecule has 5 rings (SSSR count). The molecule has 192 valence electrons. The second-order valence-corrected chi connectivity index (χ2v) is 10.7. The highest BCUT2D eigenvalue weighted by atomic mass is 32.2. The fourth-order valence-electron chi connectivity index (χ4n) is 5.11. The number of likely N-dealkylation sites (tertiary alicyclic amines) is 1. The standard InChI is InChI=1S/C30H33N3O3S/c1-36-26-14-8-13-24(19-26)29(35)33-27(21-37-30(33)23-11-6-3-7-12-23)28(34)31-25-15-17-32(18-16-25)20-22-9-4-2-5-10-22/h2-14,19,25,27,30H,15-18,20-21H2,1H3,(H,31,34). The van der Waals surface area contributed by atoms with E-state index < -0.39 is 6.04 Å². The van der Waals surface area contributed by atoms with Gasteiger partial charge < -0.3 is 15.0 Å². The predicted molar refractivity (Wildman–Crippen MR) is 147 cm³/mol. The molecular weight excluding hydrogens is 482 g/mol. The minimum absolute atomic E-state index is 0.0660. The highest BCUT2D eigenvalue weighted by Gasteiger charge is 2.43. The van der Waals surface area contributed by atoms with Gasteiger partial charge in [-0.2, -0.15) is 0 Å². The van der Waals surface area contributed by atoms with E-state index in [0.717, 1.165) is 38.0 Å². The van der Waals surface area contributed by atoms with E-state index in [-0.39, 0.29) is 23.2 Å². The van der Waals surface area contributed by atoms with Crippen molar-refractivity contribution < 1.29 is 14.3 Å². The van der Waals surface area contributed by atoms with Gasteiger partial charge in [0.2, 0.25) is 5.91 Å². The summed E-state index contributed by atoms with van der Waals surface area (Å²) in [6.45, 7) is 2.82. The van der Waals surface area contributed by atoms with Crippen LogP contribution in [0, 0.1) is 0 Å². The first-order valence-electron chi connectivity index (χ1n) is 12.8. The summed E-state index contributed by atoms with van der Waals surface area (Å²) in [5.41, 5.74) is 2.86. The molecule has 1 N–H and O–H groups in total. The Bertz CT molecular complexity index is 1200. The third kappa shape index (κ3) is 6.00. The smallest absolute Gasteiger partial charge is 0.255 e. The number of ether oxygens (including phenoxy) is 1. The Labute approximate surface area is 223 Å². The normalized spacial score (nSPS) is 20.5. The Balaban J connectivity index is 1.28. The van der Waals surface area contributed by atoms with Crippen molar-refractivity contribution in [2.24, 2.45) is 0 Å². The van der Waals surface area contributed by atoms with Crippen LogP contribution in [0.1, 0.15) is 39.7 Å². The summed E-state index contributed by atoms with van der Waals surface area (Å²) in [6.07, 6.45) is 1.81. The molecule has 7 heteroatoms. The number of carbonyl (C=O) groups is 2. The maximum atomic E-state index is 13.8. The number of amides is 2. The molecule has 2 heterocycles. The number of nitrogens with zero attached hydrogens (tertiary/aromatic N) is 2. The molecule has 0 saturated carbocycles. The van der Waals surface area contributed by atoms with E-state index in [1.807, 2.05) is 48.5 Å². The van der Waals surface area contributed by atoms with Crippen LogP contribution in [-0.2, 0) is 11.3 Å². The highest BCUT2D eigenvalue weighted by Crippen LogP contribution is 2.42. The summed E-state index contributed by atoms with van der Waals surface area (Å²) >= 11 is 1.64. The Morgan fingerprint density at radius 2 is 1.65 bits per heavy atom. The number of methoxy groups -OCH3 is 1. The van der Waals surface area contributed by atoms with Gasteiger partial charge in [-0.1, -0.05) is 66.7 Å². The molecule has 2 fully saturated rings. The van der Waals surface area contributed by atoms with Crippen LogP contribution in [0.15, 0.2) is 84.9 Å². The zero-order valence-electron chi connectivity index (χ0n) is 21.1. The Hall–Kier alpha value is -3.29. The number of rotatable bonds is 7. The van der Waals surface area contributed by atoms with Crippen molar-refractivity contribution in [2.45, 2.75) is 36.8 Å². The van der Waals surface area contributed by atoms with Gasteiger partial charge in [0.25, 0.3) is 5.91 Å². The molecule has 0 bridgehead atoms. The molecule has 0 radical (unpaired) electrons. The molecule has 2 unspecified atom stereocenters. The molecule has 2 amide bonds. The zero-order chi connectivity index (χ0) is 25.6. The predicted octanol–water partition coefficient (Wildman–Crippen LogP) is 4.73. The van der Waals surface area contributed by atoms with Crippen LogP contribution < -0.4 is 10.1 Å². The number of hydrogen-bond acceptors (Lipinski definition) is 5. The first-order valence-corrected chi connectivity index (χ1v) is 13.9. The fourth-order valence-corrected chi connectivity index (χ4v) is 6.54. The quantitative estimate of drug-likeness (QED) is 0.493. The van der Waals surface area contributed by atoms with E-state index in [4.69, 9.17) is 4.74 Å². The molecule has 37 heavy (non-hydrogen) atoms. The fraction of sp³-hybridized carbons (Fsp3) is 0.333. The Kier molecular flexibility index (Phi) is 8.12. The highest BCUT2D eigenvalue weighted by molar-refractivity contribution is 7.99. The molecule has 0 aromatic heterocycles. The van der Waals surface area contributed by atoms with E-state index in [0.29, 0.717) is 17.1 Å². The average Bonchev–Trinajstić information content (AvgIpc) is 3.40. The lowest BCUT2D eigenvalue weighted by atomic mass is 10.0. The largest absolute Gasteiger partial charge is 0.497 e. The average molecular weight is 516 g/mol. The van der Waals surface area contributed by atoms with Crippen LogP contribution in [0.5, 0.6) is 5.75 Å². The monoisotopic (exact) mass is 515 g/mol. The van der Waals surface area contributed by atoms with Gasteiger partial charge >= 0.3 is 0 Å². The summed E-state index contributed by atoms with van der Waals surface area (Å²) in [5, 5.41) is 3.06. The second kappa shape index (κ2) is 11.8. The zero-order valence-corrected chi connectivity index (χ0v) is 21.9. The van der Waals surface area contributed by atoms with Crippen LogP contribution in [0.25, 0.3) is 0 Å². The van der Waals surface area contributed by atoms with Crippen molar-refractivity contribution in [1.82, 2.24) is 15.1 Å². The van der Waals surface area contributed by atoms with Crippen LogP contribution in [0.3, 0.4) is 0 Å². The molecular formula is C30H33N3O3S. The summed E-state index contributed by atoms with van der Waals surface area (Å²) in [6, 6.07) is 27.2. The number of carbonyl (C=O) groups excluding carboxylic acids is 2. The van der Waals surface area contributed by atoms with Crippen LogP contribution in [0.2, 0.25) is 0 Å². The topological polar surface area (TPSA) is 61.9 Å². The third-order valence-electron chi connectivity index (χ3n) is 7.12. The lowest BCUT2D eigenvalue weighted by molar-refractivity contribution is -0.125. The van der Waals surface area contributed by atoms with E-state index in [2.05, 4.69) is 34.5 Å². The maximum absolute atomic E-state index is 13.8. The lowest BCUT2D eigenvalue weighted by Gasteiger charge is -2.34. The summed E-state index contributed by atoms with van der Waals surface area (Å²) < 4.78 is 5.34. The number of piperidine rings is 1. The first kappa shape index (κ1) is 25.4. The molecule has 0 spiro atoms. The summed E-state index contributed by atoms with van der Waals surface area (Å²) in [7, 11) is 1.59. The number of nitrogens with one attached hydrogen (secondary N) is 1. The van der Waals surface area contributed by atoms with E-state index in [1.165, 1.54) is 5.56 Å². The Morgan fingerprint density at radius 1 is 0.946 bits per heavy atom. The minimum Gasteiger partial charge on any atom is -0.497 e. The van der Waals surface area contributed by atoms with Crippen molar-refractivity contribution in [3.8, 4) is 5.75 Å². The van der Waals surface area contributed by atoms with Gasteiger partial charge in [0, 0.05) is 37.0 Å². The molecule has 2 saturated heterocycles. The molecule has 2 aliphatic rings. The van der Waals surface area contributed by atoms with Gasteiger partial charge in [0.1, 0.15) is 17.2 Å². The lowest BCUT2D eigenvalue weighted by Crippen LogP contribution is -2.52. The van der Waals surface area contributed by atoms with Crippen molar-refractivity contribution in [3.63, 3.8) is 0 Å². The van der Waals surface area contributed by atoms with Crippen LogP contribution >= 0.6 is 11.8 Å². The van der Waals surface area contributed by atoms with Gasteiger partial charge in [0.05, 0.1) is 7.11 Å². The first-order chi connectivity index (χ1) is 18.1. The molecule has 3 aromatic rings. The van der Waals surface area contributed by atoms with Crippen molar-refractivity contribution in [2.75, 3.05) is 26.0 Å². The van der Waals surface area contributed by atoms with Gasteiger partial charge in [-0.05, 0) is 42.2 Å². The number of hydrogen-bond donors (Lipinski definition) is 1. The van der Waals surface area contributed by atoms with Gasteiger partial charge in [-0.15, -0.1) is 11.8 Å². The van der Waals surface area contributed by atoms with Crippen LogP contribution in [0.4, 0.5) is 0 Å². The van der Waals surface area contributed by atoms with Crippen LogP contribution in [-0.4, -0.2) is 59.7 Å².